The zero-order chi connectivity index (χ0) is 12.4. The van der Waals surface area contributed by atoms with Crippen LogP contribution < -0.4 is 4.74 Å². The van der Waals surface area contributed by atoms with Gasteiger partial charge in [-0.3, -0.25) is 0 Å². The van der Waals surface area contributed by atoms with Gasteiger partial charge >= 0.3 is 0 Å². The smallest absolute Gasteiger partial charge is 0.268 e. The fourth-order valence-corrected chi connectivity index (χ4v) is 2.34. The lowest BCUT2D eigenvalue weighted by molar-refractivity contribution is 0.415. The summed E-state index contributed by atoms with van der Waals surface area (Å²) in [5.74, 6) is 1.91. The van der Waals surface area contributed by atoms with Crippen molar-refractivity contribution in [2.24, 2.45) is 0 Å². The van der Waals surface area contributed by atoms with Crippen LogP contribution in [0.4, 0.5) is 0 Å². The molecule has 0 bridgehead atoms. The van der Waals surface area contributed by atoms with Crippen molar-refractivity contribution in [1.29, 1.82) is 0 Å². The minimum atomic E-state index is 0.516. The van der Waals surface area contributed by atoms with Crippen molar-refractivity contribution in [2.45, 2.75) is 0 Å². The average molecular weight is 258 g/mol. The van der Waals surface area contributed by atoms with Gasteiger partial charge in [0.25, 0.3) is 5.89 Å². The van der Waals surface area contributed by atoms with Crippen LogP contribution in [0.5, 0.6) is 5.75 Å². The Morgan fingerprint density at radius 3 is 2.78 bits per heavy atom. The molecule has 0 aliphatic carbocycles. The van der Waals surface area contributed by atoms with Crippen molar-refractivity contribution >= 4 is 11.3 Å². The van der Waals surface area contributed by atoms with Gasteiger partial charge in [-0.05, 0) is 0 Å². The molecule has 0 fully saturated rings. The molecule has 0 saturated carbocycles. The lowest BCUT2D eigenvalue weighted by Crippen LogP contribution is -1.79. The first kappa shape index (κ1) is 11.0. The molecule has 90 valence electrons. The third-order valence-corrected chi connectivity index (χ3v) is 3.38. The Morgan fingerprint density at radius 2 is 2.06 bits per heavy atom. The quantitative estimate of drug-likeness (QED) is 0.721. The zero-order valence-electron chi connectivity index (χ0n) is 9.66. The number of ether oxygens (including phenoxy) is 1. The van der Waals surface area contributed by atoms with E-state index in [1.54, 1.807) is 7.11 Å². The Morgan fingerprint density at radius 1 is 1.22 bits per heavy atom. The standard InChI is InChI=1S/C13H10N2O2S/c1-16-10-7-11(18-8-10)13-14-12(15-17-13)9-5-3-2-4-6-9/h2-8H,1H3. The molecule has 0 amide bonds. The van der Waals surface area contributed by atoms with Gasteiger partial charge in [0.2, 0.25) is 5.82 Å². The number of hydrogen-bond donors (Lipinski definition) is 0. The summed E-state index contributed by atoms with van der Waals surface area (Å²) >= 11 is 1.51. The topological polar surface area (TPSA) is 48.2 Å². The van der Waals surface area contributed by atoms with E-state index in [-0.39, 0.29) is 0 Å². The van der Waals surface area contributed by atoms with Gasteiger partial charge in [-0.1, -0.05) is 35.5 Å². The molecular formula is C13H10N2O2S. The summed E-state index contributed by atoms with van der Waals surface area (Å²) in [6.07, 6.45) is 0. The molecule has 0 saturated heterocycles. The number of benzene rings is 1. The molecule has 0 aliphatic heterocycles. The molecule has 2 heterocycles. The summed E-state index contributed by atoms with van der Waals surface area (Å²) in [7, 11) is 1.63. The largest absolute Gasteiger partial charge is 0.496 e. The van der Waals surface area contributed by atoms with E-state index in [1.807, 2.05) is 41.8 Å². The molecule has 0 atom stereocenters. The van der Waals surface area contributed by atoms with E-state index in [0.29, 0.717) is 11.7 Å². The first-order chi connectivity index (χ1) is 8.86. The molecule has 0 N–H and O–H groups in total. The minimum absolute atomic E-state index is 0.516. The highest BCUT2D eigenvalue weighted by atomic mass is 32.1. The molecule has 3 aromatic rings. The average Bonchev–Trinajstić information content (AvgIpc) is 3.08. The zero-order valence-corrected chi connectivity index (χ0v) is 10.5. The molecule has 0 aliphatic rings. The fraction of sp³-hybridized carbons (Fsp3) is 0.0769. The van der Waals surface area contributed by atoms with E-state index in [4.69, 9.17) is 9.26 Å². The van der Waals surface area contributed by atoms with Gasteiger partial charge in [-0.2, -0.15) is 4.98 Å². The van der Waals surface area contributed by atoms with Gasteiger partial charge in [-0.25, -0.2) is 0 Å². The Kier molecular flexibility index (Phi) is 2.82. The van der Waals surface area contributed by atoms with Crippen LogP contribution in [0.25, 0.3) is 22.2 Å². The van der Waals surface area contributed by atoms with Crippen LogP contribution in [0.1, 0.15) is 0 Å². The van der Waals surface area contributed by atoms with Crippen molar-refractivity contribution in [1.82, 2.24) is 10.1 Å². The van der Waals surface area contributed by atoms with E-state index in [9.17, 15) is 0 Å². The predicted octanol–water partition coefficient (Wildman–Crippen LogP) is 3.47. The summed E-state index contributed by atoms with van der Waals surface area (Å²) in [6.45, 7) is 0. The van der Waals surface area contributed by atoms with Crippen molar-refractivity contribution < 1.29 is 9.26 Å². The normalized spacial score (nSPS) is 10.5. The molecule has 2 aromatic heterocycles. The number of rotatable bonds is 3. The predicted molar refractivity (Wildman–Crippen MR) is 69.6 cm³/mol. The highest BCUT2D eigenvalue weighted by Gasteiger charge is 2.12. The maximum Gasteiger partial charge on any atom is 0.268 e. The molecule has 0 unspecified atom stereocenters. The molecule has 3 rings (SSSR count). The van der Waals surface area contributed by atoms with Gasteiger partial charge in [0.1, 0.15) is 5.75 Å². The minimum Gasteiger partial charge on any atom is -0.496 e. The molecule has 4 nitrogen and oxygen atoms in total. The van der Waals surface area contributed by atoms with Crippen molar-refractivity contribution in [3.63, 3.8) is 0 Å². The second-order valence-electron chi connectivity index (χ2n) is 3.64. The van der Waals surface area contributed by atoms with Crippen LogP contribution in [0.2, 0.25) is 0 Å². The second-order valence-corrected chi connectivity index (χ2v) is 4.55. The molecule has 0 radical (unpaired) electrons. The van der Waals surface area contributed by atoms with E-state index in [0.717, 1.165) is 16.2 Å². The molecule has 0 spiro atoms. The van der Waals surface area contributed by atoms with E-state index >= 15 is 0 Å². The Balaban J connectivity index is 1.94. The van der Waals surface area contributed by atoms with Crippen molar-refractivity contribution in [3.8, 4) is 27.9 Å². The van der Waals surface area contributed by atoms with Crippen LogP contribution in [-0.2, 0) is 0 Å². The van der Waals surface area contributed by atoms with Crippen LogP contribution in [-0.4, -0.2) is 17.3 Å². The summed E-state index contributed by atoms with van der Waals surface area (Å²) in [5, 5.41) is 5.88. The van der Waals surface area contributed by atoms with Crippen LogP contribution in [0.15, 0.2) is 46.3 Å². The van der Waals surface area contributed by atoms with Crippen molar-refractivity contribution in [2.75, 3.05) is 7.11 Å². The maximum absolute atomic E-state index is 5.26. The summed E-state index contributed by atoms with van der Waals surface area (Å²) in [4.78, 5) is 5.28. The van der Waals surface area contributed by atoms with Crippen molar-refractivity contribution in [3.05, 3.63) is 41.8 Å². The summed E-state index contributed by atoms with van der Waals surface area (Å²) < 4.78 is 10.4. The molecule has 5 heteroatoms. The maximum atomic E-state index is 5.26. The Labute approximate surface area is 108 Å². The van der Waals surface area contributed by atoms with E-state index in [1.165, 1.54) is 11.3 Å². The SMILES string of the molecule is COc1csc(-c2nc(-c3ccccc3)no2)c1. The lowest BCUT2D eigenvalue weighted by Gasteiger charge is -1.90. The third-order valence-electron chi connectivity index (χ3n) is 2.48. The molecule has 18 heavy (non-hydrogen) atoms. The van der Waals surface area contributed by atoms with Gasteiger partial charge in [0.15, 0.2) is 0 Å². The van der Waals surface area contributed by atoms with Gasteiger partial charge in [0.05, 0.1) is 12.0 Å². The first-order valence-corrected chi connectivity index (χ1v) is 6.27. The molecule has 1 aromatic carbocycles. The summed E-state index contributed by atoms with van der Waals surface area (Å²) in [6, 6.07) is 11.6. The Hall–Kier alpha value is -2.14. The third kappa shape index (κ3) is 2.00. The number of hydrogen-bond acceptors (Lipinski definition) is 5. The van der Waals surface area contributed by atoms with E-state index < -0.39 is 0 Å². The number of thiophene rings is 1. The lowest BCUT2D eigenvalue weighted by atomic mass is 10.2. The Bertz CT molecular complexity index is 646. The van der Waals surface area contributed by atoms with Gasteiger partial charge < -0.3 is 9.26 Å². The van der Waals surface area contributed by atoms with Crippen LogP contribution in [0, 0.1) is 0 Å². The highest BCUT2D eigenvalue weighted by molar-refractivity contribution is 7.13. The van der Waals surface area contributed by atoms with Gasteiger partial charge in [-0.15, -0.1) is 11.3 Å². The second kappa shape index (κ2) is 4.62. The number of aromatic nitrogens is 2. The van der Waals surface area contributed by atoms with Crippen LogP contribution in [0.3, 0.4) is 0 Å². The van der Waals surface area contributed by atoms with Gasteiger partial charge in [0, 0.05) is 17.0 Å². The number of methoxy groups -OCH3 is 1. The fourth-order valence-electron chi connectivity index (χ4n) is 1.57. The first-order valence-electron chi connectivity index (χ1n) is 5.39. The monoisotopic (exact) mass is 258 g/mol. The number of nitrogens with zero attached hydrogens (tertiary/aromatic N) is 2. The van der Waals surface area contributed by atoms with E-state index in [2.05, 4.69) is 10.1 Å². The summed E-state index contributed by atoms with van der Waals surface area (Å²) in [5.41, 5.74) is 0.941. The van der Waals surface area contributed by atoms with Crippen LogP contribution >= 0.6 is 11.3 Å². The molecular weight excluding hydrogens is 248 g/mol. The highest BCUT2D eigenvalue weighted by Crippen LogP contribution is 2.30.